The van der Waals surface area contributed by atoms with E-state index in [1.54, 1.807) is 0 Å². The van der Waals surface area contributed by atoms with Crippen LogP contribution in [-0.4, -0.2) is 19.8 Å². The van der Waals surface area contributed by atoms with E-state index in [4.69, 9.17) is 13.6 Å². The molecule has 0 atom stereocenters. The average Bonchev–Trinajstić information content (AvgIpc) is 2.30. The molecule has 0 radical (unpaired) electrons. The van der Waals surface area contributed by atoms with Crippen LogP contribution in [0.4, 0.5) is 0 Å². The molecule has 0 aromatic carbocycles. The summed E-state index contributed by atoms with van der Waals surface area (Å²) < 4.78 is 28.0. The molecule has 112 valence electrons. The van der Waals surface area contributed by atoms with E-state index in [1.165, 1.54) is 0 Å². The normalized spacial score (nSPS) is 10.7. The van der Waals surface area contributed by atoms with Gasteiger partial charge in [-0.25, -0.2) is 4.57 Å². The third kappa shape index (κ3) is 14.9. The van der Waals surface area contributed by atoms with Gasteiger partial charge in [0.15, 0.2) is 0 Å². The van der Waals surface area contributed by atoms with Gasteiger partial charge in [-0.1, -0.05) is 40.0 Å². The Morgan fingerprint density at radius 2 is 1.00 bits per heavy atom. The molecule has 0 aliphatic rings. The molecule has 0 saturated heterocycles. The van der Waals surface area contributed by atoms with Crippen LogP contribution in [0.5, 0.6) is 0 Å². The number of unbranched alkanes of at least 4 members (excludes halogenated alkanes) is 3. The number of hydrogen-bond donors (Lipinski definition) is 0. The summed E-state index contributed by atoms with van der Waals surface area (Å²) in [5.74, 6) is 0. The SMILES string of the molecule is CCCCOP(=O)(OCCCC)OCCCC.[O-2].[Zn+2]. The predicted octanol–water partition coefficient (Wildman–Crippen LogP) is 4.42. The second-order valence-electron chi connectivity index (χ2n) is 4.01. The van der Waals surface area contributed by atoms with Gasteiger partial charge in [-0.15, -0.1) is 0 Å². The number of phosphoric ester groups is 1. The van der Waals surface area contributed by atoms with Gasteiger partial charge in [-0.05, 0) is 19.3 Å². The smallest absolute Gasteiger partial charge is 2.00 e. The van der Waals surface area contributed by atoms with Crippen LogP contribution in [0.2, 0.25) is 0 Å². The van der Waals surface area contributed by atoms with Gasteiger partial charge in [0, 0.05) is 0 Å². The standard InChI is InChI=1S/C12H27O4P.O.Zn/c1-4-7-10-14-17(13,15-11-8-5-2)16-12-9-6-3;;/h4-12H2,1-3H3;;/q;-2;+2. The van der Waals surface area contributed by atoms with Gasteiger partial charge in [0.2, 0.25) is 0 Å². The molecule has 5 nitrogen and oxygen atoms in total. The van der Waals surface area contributed by atoms with Crippen LogP contribution in [0.25, 0.3) is 0 Å². The van der Waals surface area contributed by atoms with E-state index < -0.39 is 7.82 Å². The van der Waals surface area contributed by atoms with E-state index in [9.17, 15) is 4.57 Å². The first-order valence-electron chi connectivity index (χ1n) is 6.72. The molecule has 0 aromatic heterocycles. The maximum absolute atomic E-state index is 12.2. The Labute approximate surface area is 130 Å². The van der Waals surface area contributed by atoms with Gasteiger partial charge >= 0.3 is 27.3 Å². The average molecular weight is 348 g/mol. The van der Waals surface area contributed by atoms with E-state index in [1.807, 2.05) is 0 Å². The largest absolute Gasteiger partial charge is 2.00 e. The first kappa shape index (κ1) is 24.7. The summed E-state index contributed by atoms with van der Waals surface area (Å²) in [7, 11) is -3.31. The second-order valence-corrected chi connectivity index (χ2v) is 5.68. The fraction of sp³-hybridized carbons (Fsp3) is 1.00. The first-order chi connectivity index (χ1) is 8.18. The molecule has 0 saturated carbocycles. The van der Waals surface area contributed by atoms with Crippen molar-refractivity contribution in [2.45, 2.75) is 59.3 Å². The minimum absolute atomic E-state index is 0. The molecule has 0 heterocycles. The minimum atomic E-state index is -3.31. The second kappa shape index (κ2) is 16.7. The summed E-state index contributed by atoms with van der Waals surface area (Å²) in [6, 6.07) is 0. The van der Waals surface area contributed by atoms with E-state index in [0.717, 1.165) is 38.5 Å². The van der Waals surface area contributed by atoms with E-state index >= 15 is 0 Å². The van der Waals surface area contributed by atoms with Crippen LogP contribution >= 0.6 is 7.82 Å². The molecule has 0 aliphatic carbocycles. The van der Waals surface area contributed by atoms with E-state index in [-0.39, 0.29) is 25.0 Å². The van der Waals surface area contributed by atoms with Gasteiger partial charge in [0.05, 0.1) is 19.8 Å². The summed E-state index contributed by atoms with van der Waals surface area (Å²) in [6.07, 6.45) is 5.63. The molecule has 0 aromatic rings. The number of phosphoric acid groups is 1. The van der Waals surface area contributed by atoms with E-state index in [2.05, 4.69) is 20.8 Å². The molecule has 0 N–H and O–H groups in total. The third-order valence-corrected chi connectivity index (χ3v) is 3.74. The monoisotopic (exact) mass is 346 g/mol. The molecule has 7 heteroatoms. The molecule has 0 amide bonds. The van der Waals surface area contributed by atoms with Gasteiger partial charge < -0.3 is 5.48 Å². The van der Waals surface area contributed by atoms with Gasteiger partial charge in [0.1, 0.15) is 0 Å². The van der Waals surface area contributed by atoms with Crippen LogP contribution in [-0.2, 0) is 43.1 Å². The fourth-order valence-corrected chi connectivity index (χ4v) is 2.36. The Kier molecular flexibility index (Phi) is 21.8. The topological polar surface area (TPSA) is 73.3 Å². The first-order valence-corrected chi connectivity index (χ1v) is 8.18. The summed E-state index contributed by atoms with van der Waals surface area (Å²) in [5, 5.41) is 0. The fourth-order valence-electron chi connectivity index (χ4n) is 1.07. The Balaban J connectivity index is -0.00000128. The van der Waals surface area contributed by atoms with Crippen molar-refractivity contribution in [1.82, 2.24) is 0 Å². The molecular weight excluding hydrogens is 320 g/mol. The van der Waals surface area contributed by atoms with Crippen LogP contribution in [0.15, 0.2) is 0 Å². The summed E-state index contributed by atoms with van der Waals surface area (Å²) in [4.78, 5) is 0. The maximum atomic E-state index is 12.2. The van der Waals surface area contributed by atoms with Crippen molar-refractivity contribution in [3.05, 3.63) is 0 Å². The quantitative estimate of drug-likeness (QED) is 0.297. The van der Waals surface area contributed by atoms with Gasteiger partial charge in [-0.3, -0.25) is 13.6 Å². The zero-order valence-corrected chi connectivity index (χ0v) is 16.4. The van der Waals surface area contributed by atoms with Crippen LogP contribution in [0.1, 0.15) is 59.3 Å². The molecule has 0 spiro atoms. The molecule has 19 heavy (non-hydrogen) atoms. The van der Waals surface area contributed by atoms with Crippen molar-refractivity contribution in [3.63, 3.8) is 0 Å². The Bertz CT molecular complexity index is 183. The molecule has 0 aliphatic heterocycles. The Morgan fingerprint density at radius 3 is 1.21 bits per heavy atom. The van der Waals surface area contributed by atoms with Crippen LogP contribution in [0.3, 0.4) is 0 Å². The molecule has 0 bridgehead atoms. The summed E-state index contributed by atoms with van der Waals surface area (Å²) in [5.41, 5.74) is 0. The predicted molar refractivity (Wildman–Crippen MR) is 70.9 cm³/mol. The molecular formula is C12H27O5PZn. The number of hydrogen-bond acceptors (Lipinski definition) is 4. The van der Waals surface area contributed by atoms with Crippen molar-refractivity contribution in [2.75, 3.05) is 19.8 Å². The number of rotatable bonds is 12. The molecule has 0 unspecified atom stereocenters. The zero-order chi connectivity index (χ0) is 13.0. The minimum Gasteiger partial charge on any atom is -2.00 e. The zero-order valence-electron chi connectivity index (χ0n) is 12.6. The Morgan fingerprint density at radius 1 is 0.737 bits per heavy atom. The summed E-state index contributed by atoms with van der Waals surface area (Å²) >= 11 is 0. The van der Waals surface area contributed by atoms with Crippen molar-refractivity contribution >= 4 is 7.82 Å². The summed E-state index contributed by atoms with van der Waals surface area (Å²) in [6.45, 7) is 7.49. The molecule has 0 rings (SSSR count). The van der Waals surface area contributed by atoms with Gasteiger partial charge in [0.25, 0.3) is 0 Å². The molecule has 0 fully saturated rings. The Hall–Kier alpha value is 0.693. The van der Waals surface area contributed by atoms with Gasteiger partial charge in [-0.2, -0.15) is 0 Å². The maximum Gasteiger partial charge on any atom is 2.00 e. The van der Waals surface area contributed by atoms with Crippen molar-refractivity contribution in [1.29, 1.82) is 0 Å². The van der Waals surface area contributed by atoms with Crippen molar-refractivity contribution in [2.24, 2.45) is 0 Å². The van der Waals surface area contributed by atoms with Crippen LogP contribution in [0, 0.1) is 0 Å². The van der Waals surface area contributed by atoms with Crippen molar-refractivity contribution < 1.29 is 43.1 Å². The van der Waals surface area contributed by atoms with Crippen molar-refractivity contribution in [3.8, 4) is 0 Å². The van der Waals surface area contributed by atoms with Crippen LogP contribution < -0.4 is 0 Å². The third-order valence-electron chi connectivity index (χ3n) is 2.24. The van der Waals surface area contributed by atoms with E-state index in [0.29, 0.717) is 19.8 Å².